The largest absolute Gasteiger partial charge is 0.478 e. The number of nitrogens with zero attached hydrogens (tertiary/aromatic N) is 1. The third kappa shape index (κ3) is 9.45. The molecule has 0 unspecified atom stereocenters. The summed E-state index contributed by atoms with van der Waals surface area (Å²) in [4.78, 5) is 16.0. The number of para-hydroxylation sites is 1. The summed E-state index contributed by atoms with van der Waals surface area (Å²) in [7, 11) is 0. The Morgan fingerprint density at radius 2 is 1.90 bits per heavy atom. The number of amides is 1. The van der Waals surface area contributed by atoms with E-state index in [1.165, 1.54) is 12.8 Å². The molecule has 1 amide bonds. The number of benzene rings is 1. The van der Waals surface area contributed by atoms with Crippen LogP contribution in [0.15, 0.2) is 54.6 Å². The highest BCUT2D eigenvalue weighted by molar-refractivity contribution is 6.35. The summed E-state index contributed by atoms with van der Waals surface area (Å²) >= 11 is 6.30. The van der Waals surface area contributed by atoms with E-state index in [2.05, 4.69) is 30.2 Å². The molecule has 30 heavy (non-hydrogen) atoms. The van der Waals surface area contributed by atoms with Gasteiger partial charge >= 0.3 is 0 Å². The maximum Gasteiger partial charge on any atom is 0.243 e. The van der Waals surface area contributed by atoms with Crippen LogP contribution in [-0.2, 0) is 4.79 Å². The van der Waals surface area contributed by atoms with Gasteiger partial charge in [-0.05, 0) is 31.2 Å². The molecule has 0 saturated heterocycles. The first kappa shape index (κ1) is 23.9. The van der Waals surface area contributed by atoms with Crippen molar-refractivity contribution in [2.45, 2.75) is 52.4 Å². The topological polar surface area (TPSA) is 51.2 Å². The van der Waals surface area contributed by atoms with Gasteiger partial charge in [-0.1, -0.05) is 81.1 Å². The molecule has 4 nitrogen and oxygen atoms in total. The lowest BCUT2D eigenvalue weighted by Crippen LogP contribution is -2.25. The normalized spacial score (nSPS) is 11.7. The van der Waals surface area contributed by atoms with Crippen molar-refractivity contribution in [3.05, 3.63) is 59.7 Å². The number of unbranched alkanes of at least 4 members (excludes halogenated alkanes) is 5. The van der Waals surface area contributed by atoms with E-state index >= 15 is 0 Å². The molecule has 0 saturated carbocycles. The van der Waals surface area contributed by atoms with Crippen LogP contribution in [0.25, 0.3) is 10.9 Å². The fourth-order valence-corrected chi connectivity index (χ4v) is 3.19. The van der Waals surface area contributed by atoms with E-state index in [1.54, 1.807) is 18.2 Å². The van der Waals surface area contributed by atoms with Crippen molar-refractivity contribution < 1.29 is 9.53 Å². The molecule has 0 aliphatic carbocycles. The number of aromatic nitrogens is 1. The molecule has 1 heterocycles. The third-order valence-electron chi connectivity index (χ3n) is 4.59. The van der Waals surface area contributed by atoms with Crippen molar-refractivity contribution in [3.8, 4) is 5.88 Å². The molecular weight excluding hydrogens is 396 g/mol. The van der Waals surface area contributed by atoms with Gasteiger partial charge in [-0.15, -0.1) is 0 Å². The second kappa shape index (κ2) is 13.8. The predicted octanol–water partition coefficient (Wildman–Crippen LogP) is 6.49. The van der Waals surface area contributed by atoms with Crippen molar-refractivity contribution >= 4 is 28.4 Å². The molecule has 5 heteroatoms. The van der Waals surface area contributed by atoms with Gasteiger partial charge in [-0.2, -0.15) is 0 Å². The molecule has 0 spiro atoms. The molecule has 2 rings (SSSR count). The summed E-state index contributed by atoms with van der Waals surface area (Å²) in [6, 6.07) is 9.60. The van der Waals surface area contributed by atoms with E-state index in [0.717, 1.165) is 36.6 Å². The summed E-state index contributed by atoms with van der Waals surface area (Å²) in [5, 5.41) is 4.48. The Hall–Kier alpha value is -2.33. The van der Waals surface area contributed by atoms with E-state index in [9.17, 15) is 4.79 Å². The molecule has 1 aromatic carbocycles. The van der Waals surface area contributed by atoms with Crippen molar-refractivity contribution in [3.63, 3.8) is 0 Å². The quantitative estimate of drug-likeness (QED) is 0.225. The lowest BCUT2D eigenvalue weighted by atomic mass is 10.1. The average molecular weight is 429 g/mol. The minimum absolute atomic E-state index is 0.0308. The molecule has 0 radical (unpaired) electrons. The predicted molar refractivity (Wildman–Crippen MR) is 126 cm³/mol. The number of rotatable bonds is 13. The molecule has 0 atom stereocenters. The minimum atomic E-state index is -0.0308. The summed E-state index contributed by atoms with van der Waals surface area (Å²) in [5.74, 6) is 1.03. The molecule has 0 aliphatic heterocycles. The maximum atomic E-state index is 11.5. The Morgan fingerprint density at radius 1 is 1.13 bits per heavy atom. The van der Waals surface area contributed by atoms with Crippen LogP contribution < -0.4 is 10.1 Å². The van der Waals surface area contributed by atoms with Gasteiger partial charge in [-0.25, -0.2) is 4.98 Å². The van der Waals surface area contributed by atoms with Crippen molar-refractivity contribution in [2.75, 3.05) is 13.2 Å². The number of fused-ring (bicyclic) bond motifs is 1. The highest BCUT2D eigenvalue weighted by Crippen LogP contribution is 2.26. The van der Waals surface area contributed by atoms with Crippen molar-refractivity contribution in [1.82, 2.24) is 10.3 Å². The van der Waals surface area contributed by atoms with Crippen LogP contribution in [0.3, 0.4) is 0 Å². The highest BCUT2D eigenvalue weighted by Gasteiger charge is 2.04. The van der Waals surface area contributed by atoms with Gasteiger partial charge < -0.3 is 10.1 Å². The lowest BCUT2D eigenvalue weighted by Gasteiger charge is -2.07. The number of pyridine rings is 1. The van der Waals surface area contributed by atoms with Gasteiger partial charge in [0.05, 0.1) is 17.1 Å². The van der Waals surface area contributed by atoms with Crippen LogP contribution in [0, 0.1) is 5.92 Å². The summed E-state index contributed by atoms with van der Waals surface area (Å²) in [6.07, 6.45) is 14.2. The molecule has 162 valence electrons. The molecule has 1 N–H and O–H groups in total. The Bertz CT molecular complexity index is 846. The molecule has 2 aromatic rings. The molecule has 1 aromatic heterocycles. The maximum absolute atomic E-state index is 11.5. The zero-order valence-electron chi connectivity index (χ0n) is 18.1. The average Bonchev–Trinajstić information content (AvgIpc) is 2.73. The molecule has 0 bridgehead atoms. The Labute approximate surface area is 185 Å². The van der Waals surface area contributed by atoms with Crippen LogP contribution >= 0.6 is 11.6 Å². The first-order valence-corrected chi connectivity index (χ1v) is 11.2. The number of hydrogen-bond acceptors (Lipinski definition) is 3. The standard InChI is InChI=1S/C25H33ClN2O2/c1-20(2)19-27-24(29)16-10-8-6-4-3-5-7-9-13-17-30-25-18-22(26)21-14-11-12-15-23(21)28-25/h6,8,10-12,14-16,18,20H,3-5,7,9,13,17,19H2,1-2H3,(H,27,29). The number of allylic oxidation sites excluding steroid dienone is 3. The molecular formula is C25H33ClN2O2. The zero-order chi connectivity index (χ0) is 21.6. The number of hydrogen-bond donors (Lipinski definition) is 1. The monoisotopic (exact) mass is 428 g/mol. The molecule has 0 fully saturated rings. The van der Waals surface area contributed by atoms with E-state index in [0.29, 0.717) is 30.0 Å². The third-order valence-corrected chi connectivity index (χ3v) is 4.90. The second-order valence-electron chi connectivity index (χ2n) is 7.79. The van der Waals surface area contributed by atoms with Crippen LogP contribution in [0.1, 0.15) is 52.4 Å². The Kier molecular flexibility index (Phi) is 11.0. The summed E-state index contributed by atoms with van der Waals surface area (Å²) in [6.45, 7) is 5.53. The zero-order valence-corrected chi connectivity index (χ0v) is 18.8. The highest BCUT2D eigenvalue weighted by atomic mass is 35.5. The van der Waals surface area contributed by atoms with Gasteiger partial charge in [-0.3, -0.25) is 4.79 Å². The first-order valence-electron chi connectivity index (χ1n) is 10.9. The van der Waals surface area contributed by atoms with Gasteiger partial charge in [0.2, 0.25) is 11.8 Å². The van der Waals surface area contributed by atoms with E-state index in [-0.39, 0.29) is 5.91 Å². The van der Waals surface area contributed by atoms with Crippen LogP contribution in [0.4, 0.5) is 0 Å². The van der Waals surface area contributed by atoms with Crippen LogP contribution in [0.5, 0.6) is 5.88 Å². The Balaban J connectivity index is 1.50. The number of halogens is 1. The smallest absolute Gasteiger partial charge is 0.243 e. The molecule has 0 aliphatic rings. The number of ether oxygens (including phenoxy) is 1. The van der Waals surface area contributed by atoms with E-state index in [4.69, 9.17) is 16.3 Å². The minimum Gasteiger partial charge on any atom is -0.478 e. The van der Waals surface area contributed by atoms with Crippen molar-refractivity contribution in [1.29, 1.82) is 0 Å². The van der Waals surface area contributed by atoms with E-state index in [1.807, 2.05) is 30.3 Å². The van der Waals surface area contributed by atoms with E-state index < -0.39 is 0 Å². The Morgan fingerprint density at radius 3 is 2.73 bits per heavy atom. The van der Waals surface area contributed by atoms with Crippen molar-refractivity contribution in [2.24, 2.45) is 5.92 Å². The van der Waals surface area contributed by atoms with Crippen LogP contribution in [-0.4, -0.2) is 24.0 Å². The van der Waals surface area contributed by atoms with Gasteiger partial charge in [0.25, 0.3) is 0 Å². The first-order chi connectivity index (χ1) is 14.6. The second-order valence-corrected chi connectivity index (χ2v) is 8.20. The summed E-state index contributed by atoms with van der Waals surface area (Å²) < 4.78 is 5.77. The van der Waals surface area contributed by atoms with Gasteiger partial charge in [0.15, 0.2) is 0 Å². The summed E-state index contributed by atoms with van der Waals surface area (Å²) in [5.41, 5.74) is 0.860. The number of carbonyl (C=O) groups is 1. The van der Waals surface area contributed by atoms with Crippen LogP contribution in [0.2, 0.25) is 5.02 Å². The van der Waals surface area contributed by atoms with Gasteiger partial charge in [0, 0.05) is 24.1 Å². The number of carbonyl (C=O) groups excluding carboxylic acids is 1. The fourth-order valence-electron chi connectivity index (χ4n) is 2.94. The number of nitrogens with one attached hydrogen (secondary N) is 1. The SMILES string of the molecule is CC(C)CNC(=O)C=CC=CCCCCCCCOc1cc(Cl)c2ccccc2n1. The fraction of sp³-hybridized carbons (Fsp3) is 0.440. The lowest BCUT2D eigenvalue weighted by molar-refractivity contribution is -0.116. The van der Waals surface area contributed by atoms with Gasteiger partial charge in [0.1, 0.15) is 0 Å².